The molecule has 1 fully saturated rings. The Morgan fingerprint density at radius 2 is 1.85 bits per heavy atom. The highest BCUT2D eigenvalue weighted by Gasteiger charge is 2.31. The molecule has 0 radical (unpaired) electrons. The van der Waals surface area contributed by atoms with E-state index in [1.165, 1.54) is 0 Å². The molecule has 4 rings (SSSR count). The fraction of sp³-hybridized carbons (Fsp3) is 0.273. The van der Waals surface area contributed by atoms with Crippen LogP contribution in [0, 0.1) is 0 Å². The fourth-order valence-corrected chi connectivity index (χ4v) is 3.55. The molecular formula is C22H23N3O2. The molecule has 3 aromatic rings. The average molecular weight is 361 g/mol. The van der Waals surface area contributed by atoms with Crippen molar-refractivity contribution in [3.8, 4) is 16.9 Å². The summed E-state index contributed by atoms with van der Waals surface area (Å²) in [6, 6.07) is 15.8. The molecule has 1 heterocycles. The van der Waals surface area contributed by atoms with E-state index in [2.05, 4.69) is 29.3 Å². The smallest absolute Gasteiger partial charge is 0.251 e. The van der Waals surface area contributed by atoms with Crippen molar-refractivity contribution in [3.05, 3.63) is 60.3 Å². The zero-order chi connectivity index (χ0) is 19.0. The average Bonchev–Trinajstić information content (AvgIpc) is 2.64. The summed E-state index contributed by atoms with van der Waals surface area (Å²) in [6.45, 7) is 0. The highest BCUT2D eigenvalue weighted by Crippen LogP contribution is 2.30. The monoisotopic (exact) mass is 361 g/mol. The zero-order valence-electron chi connectivity index (χ0n) is 15.5. The number of nitrogens with one attached hydrogen (secondary N) is 1. The maximum atomic E-state index is 12.4. The molecule has 5 nitrogen and oxygen atoms in total. The number of phenols is 1. The first-order chi connectivity index (χ1) is 13.0. The van der Waals surface area contributed by atoms with E-state index in [4.69, 9.17) is 0 Å². The van der Waals surface area contributed by atoms with E-state index in [1.54, 1.807) is 12.3 Å². The van der Waals surface area contributed by atoms with Crippen LogP contribution in [0.25, 0.3) is 22.0 Å². The number of aromatic nitrogens is 1. The third-order valence-electron chi connectivity index (χ3n) is 5.34. The number of rotatable bonds is 4. The van der Waals surface area contributed by atoms with Crippen LogP contribution in [-0.2, 0) is 0 Å². The SMILES string of the molecule is CN(C)[C@H]1C[C@@H](NC(=O)c2ccc(-c3cc(O)c4ncccc4c3)cc2)C1. The number of carbonyl (C=O) groups is 1. The summed E-state index contributed by atoms with van der Waals surface area (Å²) in [5.74, 6) is 0.125. The standard InChI is InChI=1S/C22H23N3O2/c1-25(2)19-12-18(13-19)24-22(27)15-7-5-14(6-8-15)17-10-16-4-3-9-23-21(16)20(26)11-17/h3-11,18-19,26H,12-13H2,1-2H3,(H,24,27)/t18-,19+. The van der Waals surface area contributed by atoms with Crippen LogP contribution in [-0.4, -0.2) is 47.1 Å². The molecule has 138 valence electrons. The van der Waals surface area contributed by atoms with Crippen LogP contribution in [0.1, 0.15) is 23.2 Å². The molecule has 2 N–H and O–H groups in total. The summed E-state index contributed by atoms with van der Waals surface area (Å²) in [5, 5.41) is 14.2. The van der Waals surface area contributed by atoms with Crippen LogP contribution in [0.2, 0.25) is 0 Å². The van der Waals surface area contributed by atoms with Gasteiger partial charge >= 0.3 is 0 Å². The molecule has 1 saturated carbocycles. The summed E-state index contributed by atoms with van der Waals surface area (Å²) in [7, 11) is 4.14. The van der Waals surface area contributed by atoms with E-state index in [0.29, 0.717) is 17.1 Å². The lowest BCUT2D eigenvalue weighted by atomic mass is 9.86. The van der Waals surface area contributed by atoms with Crippen molar-refractivity contribution < 1.29 is 9.90 Å². The molecule has 1 aliphatic rings. The van der Waals surface area contributed by atoms with Gasteiger partial charge in [0.15, 0.2) is 0 Å². The lowest BCUT2D eigenvalue weighted by Crippen LogP contribution is -2.51. The summed E-state index contributed by atoms with van der Waals surface area (Å²) < 4.78 is 0. The Balaban J connectivity index is 1.48. The number of nitrogens with zero attached hydrogens (tertiary/aromatic N) is 2. The van der Waals surface area contributed by atoms with Gasteiger partial charge in [0.1, 0.15) is 11.3 Å². The molecule has 0 atom stereocenters. The number of aromatic hydroxyl groups is 1. The Morgan fingerprint density at radius 3 is 2.56 bits per heavy atom. The molecule has 0 unspecified atom stereocenters. The molecule has 0 aliphatic heterocycles. The Hall–Kier alpha value is -2.92. The number of pyridine rings is 1. The molecule has 0 saturated heterocycles. The molecule has 1 aliphatic carbocycles. The van der Waals surface area contributed by atoms with Crippen LogP contribution in [0.5, 0.6) is 5.75 Å². The van der Waals surface area contributed by atoms with Crippen molar-refractivity contribution in [1.29, 1.82) is 0 Å². The summed E-state index contributed by atoms with van der Waals surface area (Å²) in [5.41, 5.74) is 3.09. The van der Waals surface area contributed by atoms with Gasteiger partial charge < -0.3 is 15.3 Å². The Labute approximate surface area is 158 Å². The van der Waals surface area contributed by atoms with Gasteiger partial charge in [-0.15, -0.1) is 0 Å². The normalized spacial score (nSPS) is 19.1. The molecule has 5 heteroatoms. The number of phenolic OH excluding ortho intramolecular Hbond substituents is 1. The minimum absolute atomic E-state index is 0.0330. The fourth-order valence-electron chi connectivity index (χ4n) is 3.55. The zero-order valence-corrected chi connectivity index (χ0v) is 15.5. The van der Waals surface area contributed by atoms with E-state index in [-0.39, 0.29) is 17.7 Å². The van der Waals surface area contributed by atoms with Crippen LogP contribution in [0.4, 0.5) is 0 Å². The van der Waals surface area contributed by atoms with Crippen molar-refractivity contribution in [1.82, 2.24) is 15.2 Å². The highest BCUT2D eigenvalue weighted by molar-refractivity contribution is 5.95. The Bertz CT molecular complexity index is 977. The maximum absolute atomic E-state index is 12.4. The molecule has 1 aromatic heterocycles. The van der Waals surface area contributed by atoms with Crippen molar-refractivity contribution >= 4 is 16.8 Å². The molecule has 1 amide bonds. The molecule has 27 heavy (non-hydrogen) atoms. The molecule has 0 bridgehead atoms. The largest absolute Gasteiger partial charge is 0.506 e. The molecule has 0 spiro atoms. The number of amides is 1. The third-order valence-corrected chi connectivity index (χ3v) is 5.34. The second kappa shape index (κ2) is 7.00. The third kappa shape index (κ3) is 3.51. The van der Waals surface area contributed by atoms with Gasteiger partial charge in [0.05, 0.1) is 0 Å². The van der Waals surface area contributed by atoms with E-state index >= 15 is 0 Å². The first-order valence-electron chi connectivity index (χ1n) is 9.17. The minimum Gasteiger partial charge on any atom is -0.506 e. The van der Waals surface area contributed by atoms with Gasteiger partial charge in [-0.25, -0.2) is 0 Å². The van der Waals surface area contributed by atoms with Gasteiger partial charge in [0, 0.05) is 29.2 Å². The quantitative estimate of drug-likeness (QED) is 0.747. The Morgan fingerprint density at radius 1 is 1.11 bits per heavy atom. The first-order valence-corrected chi connectivity index (χ1v) is 9.17. The van der Waals surface area contributed by atoms with Gasteiger partial charge in [-0.2, -0.15) is 0 Å². The number of benzene rings is 2. The van der Waals surface area contributed by atoms with Crippen LogP contribution < -0.4 is 5.32 Å². The predicted octanol–water partition coefficient (Wildman–Crippen LogP) is 3.43. The van der Waals surface area contributed by atoms with Gasteiger partial charge in [-0.1, -0.05) is 18.2 Å². The van der Waals surface area contributed by atoms with Crippen molar-refractivity contribution in [2.75, 3.05) is 14.1 Å². The lowest BCUT2D eigenvalue weighted by molar-refractivity contribution is 0.0854. The van der Waals surface area contributed by atoms with Gasteiger partial charge in [-0.3, -0.25) is 9.78 Å². The van der Waals surface area contributed by atoms with Crippen LogP contribution in [0.3, 0.4) is 0 Å². The minimum atomic E-state index is -0.0330. The highest BCUT2D eigenvalue weighted by atomic mass is 16.3. The van der Waals surface area contributed by atoms with Crippen molar-refractivity contribution in [2.45, 2.75) is 24.9 Å². The second-order valence-corrected chi connectivity index (χ2v) is 7.41. The molecule has 2 aromatic carbocycles. The predicted molar refractivity (Wildman–Crippen MR) is 107 cm³/mol. The number of hydrogen-bond acceptors (Lipinski definition) is 4. The summed E-state index contributed by atoms with van der Waals surface area (Å²) >= 11 is 0. The van der Waals surface area contributed by atoms with Crippen LogP contribution >= 0.6 is 0 Å². The van der Waals surface area contributed by atoms with Crippen molar-refractivity contribution in [3.63, 3.8) is 0 Å². The van der Waals surface area contributed by atoms with Gasteiger partial charge in [-0.05, 0) is 68.4 Å². The summed E-state index contributed by atoms with van der Waals surface area (Å²) in [6.07, 6.45) is 3.67. The first kappa shape index (κ1) is 17.5. The number of fused-ring (bicyclic) bond motifs is 1. The van der Waals surface area contributed by atoms with E-state index in [0.717, 1.165) is 29.4 Å². The molecular weight excluding hydrogens is 338 g/mol. The topological polar surface area (TPSA) is 65.5 Å². The summed E-state index contributed by atoms with van der Waals surface area (Å²) in [4.78, 5) is 18.8. The van der Waals surface area contributed by atoms with Crippen LogP contribution in [0.15, 0.2) is 54.7 Å². The van der Waals surface area contributed by atoms with Gasteiger partial charge in [0.2, 0.25) is 0 Å². The number of carbonyl (C=O) groups excluding carboxylic acids is 1. The van der Waals surface area contributed by atoms with E-state index in [1.807, 2.05) is 42.5 Å². The second-order valence-electron chi connectivity index (χ2n) is 7.41. The van der Waals surface area contributed by atoms with E-state index < -0.39 is 0 Å². The van der Waals surface area contributed by atoms with E-state index in [9.17, 15) is 9.90 Å². The maximum Gasteiger partial charge on any atom is 0.251 e. The van der Waals surface area contributed by atoms with Gasteiger partial charge in [0.25, 0.3) is 5.91 Å². The lowest BCUT2D eigenvalue weighted by Gasteiger charge is -2.39. The van der Waals surface area contributed by atoms with Crippen molar-refractivity contribution in [2.24, 2.45) is 0 Å². The number of hydrogen-bond donors (Lipinski definition) is 2. The Kier molecular flexibility index (Phi) is 4.54.